The number of rotatable bonds is 5. The summed E-state index contributed by atoms with van der Waals surface area (Å²) in [6, 6.07) is 4.87. The average molecular weight is 315 g/mol. The first-order valence-corrected chi connectivity index (χ1v) is 7.41. The molecule has 0 atom stereocenters. The summed E-state index contributed by atoms with van der Waals surface area (Å²) in [4.78, 5) is 13.5. The van der Waals surface area contributed by atoms with Gasteiger partial charge in [-0.1, -0.05) is 11.6 Å². The summed E-state index contributed by atoms with van der Waals surface area (Å²) >= 11 is 5.83. The van der Waals surface area contributed by atoms with Gasteiger partial charge in [-0.05, 0) is 36.6 Å². The number of nitrogens with one attached hydrogen (secondary N) is 1. The van der Waals surface area contributed by atoms with Crippen LogP contribution in [0.15, 0.2) is 18.2 Å². The summed E-state index contributed by atoms with van der Waals surface area (Å²) in [6.45, 7) is 2.17. The van der Waals surface area contributed by atoms with Crippen molar-refractivity contribution in [2.75, 3.05) is 26.8 Å². The Morgan fingerprint density at radius 3 is 2.76 bits per heavy atom. The maximum Gasteiger partial charge on any atom is 0.248 e. The summed E-state index contributed by atoms with van der Waals surface area (Å²) in [5.74, 6) is -0.285. The van der Waals surface area contributed by atoms with Crippen LogP contribution < -0.4 is 5.32 Å². The van der Waals surface area contributed by atoms with E-state index in [0.717, 1.165) is 31.5 Å². The number of carbonyl (C=O) groups excluding carboxylic acids is 1. The van der Waals surface area contributed by atoms with Crippen molar-refractivity contribution in [3.63, 3.8) is 0 Å². The van der Waals surface area contributed by atoms with Crippen molar-refractivity contribution in [2.24, 2.45) is 0 Å². The van der Waals surface area contributed by atoms with Crippen molar-refractivity contribution < 1.29 is 13.9 Å². The van der Waals surface area contributed by atoms with Crippen LogP contribution in [0.2, 0.25) is 5.02 Å². The molecule has 1 aromatic rings. The number of amides is 1. The topological polar surface area (TPSA) is 41.6 Å². The van der Waals surface area contributed by atoms with E-state index in [4.69, 9.17) is 16.3 Å². The molecule has 0 aliphatic carbocycles. The molecule has 0 radical (unpaired) electrons. The molecule has 1 heterocycles. The lowest BCUT2D eigenvalue weighted by molar-refractivity contribution is -0.136. The molecule has 0 spiro atoms. The number of benzene rings is 1. The minimum Gasteiger partial charge on any atom is -0.375 e. The number of hydrogen-bond donors (Lipinski definition) is 1. The average Bonchev–Trinajstić information content (AvgIpc) is 2.45. The van der Waals surface area contributed by atoms with Crippen molar-refractivity contribution in [1.82, 2.24) is 10.2 Å². The van der Waals surface area contributed by atoms with Crippen molar-refractivity contribution in [3.8, 4) is 0 Å². The Morgan fingerprint density at radius 2 is 2.14 bits per heavy atom. The molecule has 116 valence electrons. The van der Waals surface area contributed by atoms with Crippen molar-refractivity contribution >= 4 is 17.5 Å². The molecule has 4 nitrogen and oxygen atoms in total. The lowest BCUT2D eigenvalue weighted by atomic mass is 10.0. The van der Waals surface area contributed by atoms with E-state index in [1.54, 1.807) is 6.07 Å². The fourth-order valence-electron chi connectivity index (χ4n) is 2.52. The molecule has 1 saturated heterocycles. The first kappa shape index (κ1) is 16.2. The number of likely N-dealkylation sites (tertiary alicyclic amines) is 1. The summed E-state index contributed by atoms with van der Waals surface area (Å²) in [7, 11) is 1.52. The maximum atomic E-state index is 13.2. The predicted octanol–water partition coefficient (Wildman–Crippen LogP) is 2.21. The standard InChI is InChI=1S/C15H20ClFN2O2/c1-21-10-15(20)19-4-2-14(3-5-19)18-9-11-6-12(16)8-13(17)7-11/h6-8,14,18H,2-5,9-10H2,1H3. The second-order valence-corrected chi connectivity index (χ2v) is 5.68. The smallest absolute Gasteiger partial charge is 0.248 e. The number of piperidine rings is 1. The van der Waals surface area contributed by atoms with Gasteiger partial charge in [0, 0.05) is 37.8 Å². The molecule has 1 amide bonds. The zero-order valence-electron chi connectivity index (χ0n) is 12.1. The van der Waals surface area contributed by atoms with Crippen molar-refractivity contribution in [2.45, 2.75) is 25.4 Å². The molecule has 1 aliphatic heterocycles. The van der Waals surface area contributed by atoms with E-state index in [-0.39, 0.29) is 18.3 Å². The van der Waals surface area contributed by atoms with Gasteiger partial charge in [0.2, 0.25) is 5.91 Å². The molecule has 0 saturated carbocycles. The highest BCUT2D eigenvalue weighted by atomic mass is 35.5. The molecule has 0 aromatic heterocycles. The molecule has 2 rings (SSSR count). The molecule has 1 N–H and O–H groups in total. The second-order valence-electron chi connectivity index (χ2n) is 5.25. The molecule has 0 bridgehead atoms. The molecule has 1 aromatic carbocycles. The van der Waals surface area contributed by atoms with Crippen molar-refractivity contribution in [1.29, 1.82) is 0 Å². The molecule has 21 heavy (non-hydrogen) atoms. The van der Waals surface area contributed by atoms with Crippen LogP contribution in [-0.2, 0) is 16.1 Å². The maximum absolute atomic E-state index is 13.2. The van der Waals surface area contributed by atoms with Gasteiger partial charge in [0.25, 0.3) is 0 Å². The van der Waals surface area contributed by atoms with Gasteiger partial charge in [0.05, 0.1) is 0 Å². The number of carbonyl (C=O) groups is 1. The van der Waals surface area contributed by atoms with E-state index in [1.807, 2.05) is 4.90 Å². The highest BCUT2D eigenvalue weighted by molar-refractivity contribution is 6.30. The van der Waals surface area contributed by atoms with Crippen LogP contribution in [0.1, 0.15) is 18.4 Å². The van der Waals surface area contributed by atoms with Gasteiger partial charge in [-0.15, -0.1) is 0 Å². The lowest BCUT2D eigenvalue weighted by Crippen LogP contribution is -2.45. The van der Waals surface area contributed by atoms with Gasteiger partial charge in [0.15, 0.2) is 0 Å². The van der Waals surface area contributed by atoms with Gasteiger partial charge < -0.3 is 15.0 Å². The van der Waals surface area contributed by atoms with Crippen LogP contribution >= 0.6 is 11.6 Å². The van der Waals surface area contributed by atoms with E-state index in [2.05, 4.69) is 5.32 Å². The second kappa shape index (κ2) is 7.73. The monoisotopic (exact) mass is 314 g/mol. The Bertz CT molecular complexity index is 470. The van der Waals surface area contributed by atoms with Crippen molar-refractivity contribution in [3.05, 3.63) is 34.6 Å². The Balaban J connectivity index is 1.77. The molecule has 0 unspecified atom stereocenters. The highest BCUT2D eigenvalue weighted by Crippen LogP contribution is 2.15. The Kier molecular flexibility index (Phi) is 5.96. The minimum atomic E-state index is -0.320. The third-order valence-electron chi connectivity index (χ3n) is 3.63. The number of methoxy groups -OCH3 is 1. The van der Waals surface area contributed by atoms with Gasteiger partial charge in [-0.2, -0.15) is 0 Å². The number of hydrogen-bond acceptors (Lipinski definition) is 3. The zero-order chi connectivity index (χ0) is 15.2. The predicted molar refractivity (Wildman–Crippen MR) is 79.7 cm³/mol. The Morgan fingerprint density at radius 1 is 1.43 bits per heavy atom. The van der Waals surface area contributed by atoms with Crippen LogP contribution in [0.4, 0.5) is 4.39 Å². The quantitative estimate of drug-likeness (QED) is 0.906. The van der Waals surface area contributed by atoms with Crippen LogP contribution in [0, 0.1) is 5.82 Å². The van der Waals surface area contributed by atoms with Crippen LogP contribution in [0.3, 0.4) is 0 Å². The summed E-state index contributed by atoms with van der Waals surface area (Å²) < 4.78 is 18.1. The first-order chi connectivity index (χ1) is 10.1. The Hall–Kier alpha value is -1.17. The lowest BCUT2D eigenvalue weighted by Gasteiger charge is -2.32. The number of ether oxygens (including phenoxy) is 1. The first-order valence-electron chi connectivity index (χ1n) is 7.03. The van der Waals surface area contributed by atoms with Crippen LogP contribution in [0.25, 0.3) is 0 Å². The molecule has 1 aliphatic rings. The van der Waals surface area contributed by atoms with Gasteiger partial charge in [-0.25, -0.2) is 4.39 Å². The summed E-state index contributed by atoms with van der Waals surface area (Å²) in [5.41, 5.74) is 0.831. The Labute approximate surface area is 129 Å². The fourth-order valence-corrected chi connectivity index (χ4v) is 2.77. The fraction of sp³-hybridized carbons (Fsp3) is 0.533. The summed E-state index contributed by atoms with van der Waals surface area (Å²) in [5, 5.41) is 3.80. The van der Waals surface area contributed by atoms with Gasteiger partial charge in [0.1, 0.15) is 12.4 Å². The van der Waals surface area contributed by atoms with Gasteiger partial charge >= 0.3 is 0 Å². The van der Waals surface area contributed by atoms with E-state index in [1.165, 1.54) is 19.2 Å². The van der Waals surface area contributed by atoms with E-state index in [9.17, 15) is 9.18 Å². The largest absolute Gasteiger partial charge is 0.375 e. The van der Waals surface area contributed by atoms with Gasteiger partial charge in [-0.3, -0.25) is 4.79 Å². The number of nitrogens with zero attached hydrogens (tertiary/aromatic N) is 1. The van der Waals surface area contributed by atoms with E-state index < -0.39 is 0 Å². The molecular formula is C15H20ClFN2O2. The van der Waals surface area contributed by atoms with E-state index in [0.29, 0.717) is 17.6 Å². The molecule has 6 heteroatoms. The third-order valence-corrected chi connectivity index (χ3v) is 3.85. The SMILES string of the molecule is COCC(=O)N1CCC(NCc2cc(F)cc(Cl)c2)CC1. The minimum absolute atomic E-state index is 0.0351. The number of halogens is 2. The highest BCUT2D eigenvalue weighted by Gasteiger charge is 2.22. The van der Waals surface area contributed by atoms with Crippen LogP contribution in [-0.4, -0.2) is 43.7 Å². The third kappa shape index (κ3) is 4.95. The van der Waals surface area contributed by atoms with E-state index >= 15 is 0 Å². The van der Waals surface area contributed by atoms with Crippen LogP contribution in [0.5, 0.6) is 0 Å². The molecule has 1 fully saturated rings. The summed E-state index contributed by atoms with van der Waals surface area (Å²) in [6.07, 6.45) is 1.77. The normalized spacial score (nSPS) is 16.2. The zero-order valence-corrected chi connectivity index (χ0v) is 12.8. The molecular weight excluding hydrogens is 295 g/mol.